The van der Waals surface area contributed by atoms with Crippen LogP contribution in [0.2, 0.25) is 0 Å². The number of amides is 2. The van der Waals surface area contributed by atoms with Crippen molar-refractivity contribution < 1.29 is 14.3 Å². The number of hydrogen-bond acceptors (Lipinski definition) is 3. The fourth-order valence-electron chi connectivity index (χ4n) is 3.08. The van der Waals surface area contributed by atoms with Crippen LogP contribution in [-0.2, 0) is 16.1 Å². The zero-order chi connectivity index (χ0) is 17.9. The molecule has 0 saturated heterocycles. The Bertz CT molecular complexity index is 660. The van der Waals surface area contributed by atoms with E-state index in [2.05, 4.69) is 49.1 Å². The van der Waals surface area contributed by atoms with Crippen molar-refractivity contribution >= 4 is 17.7 Å². The van der Waals surface area contributed by atoms with E-state index in [-0.39, 0.29) is 17.2 Å². The third kappa shape index (κ3) is 4.16. The molecule has 5 heteroatoms. The van der Waals surface area contributed by atoms with Gasteiger partial charge in [0.05, 0.1) is 13.0 Å². The number of nitrogens with one attached hydrogen (secondary N) is 2. The van der Waals surface area contributed by atoms with Gasteiger partial charge in [0.2, 0.25) is 5.91 Å². The number of allylic oxidation sites excluding steroid dienone is 2. The maximum absolute atomic E-state index is 12.5. The molecule has 130 valence electrons. The molecule has 1 saturated carbocycles. The summed E-state index contributed by atoms with van der Waals surface area (Å²) in [5, 5.41) is 5.62. The minimum absolute atomic E-state index is 0.00956. The molecule has 1 aromatic carbocycles. The van der Waals surface area contributed by atoms with Crippen molar-refractivity contribution in [1.82, 2.24) is 5.32 Å². The molecule has 2 atom stereocenters. The maximum Gasteiger partial charge on any atom is 0.411 e. The highest BCUT2D eigenvalue weighted by molar-refractivity contribution is 5.85. The smallest absolute Gasteiger partial charge is 0.411 e. The molecule has 0 radical (unpaired) electrons. The number of benzene rings is 1. The van der Waals surface area contributed by atoms with Gasteiger partial charge in [-0.1, -0.05) is 37.6 Å². The van der Waals surface area contributed by atoms with Gasteiger partial charge in [0.15, 0.2) is 0 Å². The molecule has 0 spiro atoms. The monoisotopic (exact) mass is 330 g/mol. The summed E-state index contributed by atoms with van der Waals surface area (Å²) >= 11 is 0. The second-order valence-corrected chi connectivity index (χ2v) is 7.10. The van der Waals surface area contributed by atoms with Gasteiger partial charge >= 0.3 is 6.09 Å². The number of hydrogen-bond donors (Lipinski definition) is 2. The summed E-state index contributed by atoms with van der Waals surface area (Å²) in [4.78, 5) is 23.7. The fourth-order valence-corrected chi connectivity index (χ4v) is 3.08. The predicted molar refractivity (Wildman–Crippen MR) is 94.5 cm³/mol. The molecule has 5 nitrogen and oxygen atoms in total. The summed E-state index contributed by atoms with van der Waals surface area (Å²) in [6, 6.07) is 7.34. The number of ether oxygens (including phenoxy) is 1. The van der Waals surface area contributed by atoms with Crippen molar-refractivity contribution in [3.63, 3.8) is 0 Å². The van der Waals surface area contributed by atoms with Crippen molar-refractivity contribution in [2.75, 3.05) is 12.4 Å². The Morgan fingerprint density at radius 3 is 2.62 bits per heavy atom. The lowest BCUT2D eigenvalue weighted by atomic mass is 10.1. The molecule has 2 unspecified atom stereocenters. The lowest BCUT2D eigenvalue weighted by Crippen LogP contribution is -2.26. The van der Waals surface area contributed by atoms with Crippen molar-refractivity contribution in [3.05, 3.63) is 41.5 Å². The standard InChI is InChI=1S/C19H26N2O3/c1-12(2)9-15-16(19(15,3)4)17(22)20-11-13-7-6-8-14(10-13)21-18(23)24-5/h6-10,15-16H,11H2,1-5H3,(H,20,22)(H,21,23). The summed E-state index contributed by atoms with van der Waals surface area (Å²) in [7, 11) is 1.32. The van der Waals surface area contributed by atoms with Crippen LogP contribution in [0.3, 0.4) is 0 Å². The van der Waals surface area contributed by atoms with E-state index in [1.807, 2.05) is 18.2 Å². The first-order chi connectivity index (χ1) is 11.3. The minimum atomic E-state index is -0.513. The number of carbonyl (C=O) groups is 2. The fraction of sp³-hybridized carbons (Fsp3) is 0.474. The molecular weight excluding hydrogens is 304 g/mol. The van der Waals surface area contributed by atoms with E-state index in [0.29, 0.717) is 18.2 Å². The van der Waals surface area contributed by atoms with Gasteiger partial charge in [-0.05, 0) is 42.9 Å². The summed E-state index contributed by atoms with van der Waals surface area (Å²) in [6.45, 7) is 8.81. The van der Waals surface area contributed by atoms with Gasteiger partial charge in [-0.2, -0.15) is 0 Å². The third-order valence-corrected chi connectivity index (χ3v) is 4.53. The highest BCUT2D eigenvalue weighted by Crippen LogP contribution is 2.59. The van der Waals surface area contributed by atoms with Crippen molar-refractivity contribution in [1.29, 1.82) is 0 Å². The maximum atomic E-state index is 12.5. The van der Waals surface area contributed by atoms with Crippen LogP contribution >= 0.6 is 0 Å². The predicted octanol–water partition coefficient (Wildman–Crippen LogP) is 3.72. The molecule has 0 heterocycles. The Balaban J connectivity index is 1.94. The van der Waals surface area contributed by atoms with Crippen LogP contribution in [0.4, 0.5) is 10.5 Å². The zero-order valence-corrected chi connectivity index (χ0v) is 15.0. The van der Waals surface area contributed by atoms with E-state index in [0.717, 1.165) is 5.56 Å². The van der Waals surface area contributed by atoms with Crippen LogP contribution in [-0.4, -0.2) is 19.1 Å². The van der Waals surface area contributed by atoms with Gasteiger partial charge in [0, 0.05) is 12.2 Å². The first-order valence-corrected chi connectivity index (χ1v) is 8.12. The Kier molecular flexibility index (Phi) is 5.32. The Morgan fingerprint density at radius 1 is 1.29 bits per heavy atom. The normalized spacial score (nSPS) is 20.7. The first kappa shape index (κ1) is 18.0. The summed E-state index contributed by atoms with van der Waals surface area (Å²) in [6.07, 6.45) is 1.67. The van der Waals surface area contributed by atoms with Crippen LogP contribution in [0, 0.1) is 17.3 Å². The summed E-state index contributed by atoms with van der Waals surface area (Å²) < 4.78 is 4.57. The Morgan fingerprint density at radius 2 is 2.00 bits per heavy atom. The van der Waals surface area contributed by atoms with E-state index in [4.69, 9.17) is 0 Å². The molecular formula is C19H26N2O3. The van der Waals surface area contributed by atoms with Gasteiger partial charge < -0.3 is 10.1 Å². The summed E-state index contributed by atoms with van der Waals surface area (Å²) in [5.74, 6) is 0.396. The number of anilines is 1. The molecule has 1 aliphatic rings. The number of carbonyl (C=O) groups excluding carboxylic acids is 2. The average molecular weight is 330 g/mol. The Labute approximate surface area is 143 Å². The van der Waals surface area contributed by atoms with Crippen molar-refractivity contribution in [3.8, 4) is 0 Å². The molecule has 0 bridgehead atoms. The van der Waals surface area contributed by atoms with Crippen molar-refractivity contribution in [2.45, 2.75) is 34.2 Å². The van der Waals surface area contributed by atoms with E-state index in [9.17, 15) is 9.59 Å². The first-order valence-electron chi connectivity index (χ1n) is 8.12. The third-order valence-electron chi connectivity index (χ3n) is 4.53. The van der Waals surface area contributed by atoms with Gasteiger partial charge in [0.25, 0.3) is 0 Å². The zero-order valence-electron chi connectivity index (χ0n) is 15.0. The molecule has 2 N–H and O–H groups in total. The number of methoxy groups -OCH3 is 1. The largest absolute Gasteiger partial charge is 0.453 e. The quantitative estimate of drug-likeness (QED) is 0.809. The second-order valence-electron chi connectivity index (χ2n) is 7.10. The Hall–Kier alpha value is -2.30. The molecule has 1 aromatic rings. The summed E-state index contributed by atoms with van der Waals surface area (Å²) in [5.41, 5.74) is 2.82. The second kappa shape index (κ2) is 7.07. The van der Waals surface area contributed by atoms with Gasteiger partial charge in [-0.15, -0.1) is 0 Å². The molecule has 2 amide bonds. The van der Waals surface area contributed by atoms with E-state index in [1.165, 1.54) is 12.7 Å². The molecule has 24 heavy (non-hydrogen) atoms. The van der Waals surface area contributed by atoms with Gasteiger partial charge in [-0.25, -0.2) is 4.79 Å². The number of rotatable bonds is 5. The van der Waals surface area contributed by atoms with Crippen LogP contribution in [0.1, 0.15) is 33.3 Å². The van der Waals surface area contributed by atoms with Crippen LogP contribution in [0.25, 0.3) is 0 Å². The van der Waals surface area contributed by atoms with Crippen LogP contribution < -0.4 is 10.6 Å². The lowest BCUT2D eigenvalue weighted by molar-refractivity contribution is -0.123. The lowest BCUT2D eigenvalue weighted by Gasteiger charge is -2.08. The molecule has 0 aliphatic heterocycles. The van der Waals surface area contributed by atoms with Crippen LogP contribution in [0.5, 0.6) is 0 Å². The minimum Gasteiger partial charge on any atom is -0.453 e. The van der Waals surface area contributed by atoms with Gasteiger partial charge in [0.1, 0.15) is 0 Å². The highest BCUT2D eigenvalue weighted by atomic mass is 16.5. The van der Waals surface area contributed by atoms with Crippen molar-refractivity contribution in [2.24, 2.45) is 17.3 Å². The molecule has 1 aliphatic carbocycles. The molecule has 2 rings (SSSR count). The average Bonchev–Trinajstić information content (AvgIpc) is 3.05. The highest BCUT2D eigenvalue weighted by Gasteiger charge is 2.60. The van der Waals surface area contributed by atoms with Gasteiger partial charge in [-0.3, -0.25) is 10.1 Å². The van der Waals surface area contributed by atoms with E-state index < -0.39 is 6.09 Å². The SMILES string of the molecule is COC(=O)Nc1cccc(CNC(=O)C2C(C=C(C)C)C2(C)C)c1. The van der Waals surface area contributed by atoms with E-state index in [1.54, 1.807) is 6.07 Å². The van der Waals surface area contributed by atoms with Crippen LogP contribution in [0.15, 0.2) is 35.9 Å². The van der Waals surface area contributed by atoms with E-state index >= 15 is 0 Å². The molecule has 1 fully saturated rings. The molecule has 0 aromatic heterocycles. The topological polar surface area (TPSA) is 67.4 Å².